The van der Waals surface area contributed by atoms with Crippen LogP contribution >= 0.6 is 0 Å². The van der Waals surface area contributed by atoms with Crippen LogP contribution < -0.4 is 15.5 Å². The van der Waals surface area contributed by atoms with E-state index in [0.717, 1.165) is 81.0 Å². The Bertz CT molecular complexity index is 942. The van der Waals surface area contributed by atoms with Crippen molar-refractivity contribution in [2.75, 3.05) is 41.8 Å². The number of nitrogens with zero attached hydrogens (tertiary/aromatic N) is 1. The summed E-state index contributed by atoms with van der Waals surface area (Å²) >= 11 is 0. The normalized spacial score (nSPS) is 18.1. The standard InChI is InChI=1S/C27H35N3O3/c1-20(2)25(31)28-22-8-6-21(7-9-22)27(14-4-3-5-15-27)26(32)29-23-10-12-24(13-11-23)30-16-18-33-19-17-30/h6-13,20H,3-5,14-19H2,1-2H3,(H,28,31)(H,29,32). The summed E-state index contributed by atoms with van der Waals surface area (Å²) in [4.78, 5) is 27.9. The number of anilines is 3. The molecule has 0 spiro atoms. The molecule has 6 heteroatoms. The summed E-state index contributed by atoms with van der Waals surface area (Å²) in [5, 5.41) is 6.13. The summed E-state index contributed by atoms with van der Waals surface area (Å²) in [6.45, 7) is 7.03. The molecule has 0 unspecified atom stereocenters. The lowest BCUT2D eigenvalue weighted by molar-refractivity contribution is -0.123. The zero-order valence-corrected chi connectivity index (χ0v) is 19.7. The Hall–Kier alpha value is -2.86. The van der Waals surface area contributed by atoms with Crippen molar-refractivity contribution in [1.29, 1.82) is 0 Å². The zero-order chi connectivity index (χ0) is 23.3. The number of benzene rings is 2. The van der Waals surface area contributed by atoms with Gasteiger partial charge in [0, 0.05) is 36.1 Å². The zero-order valence-electron chi connectivity index (χ0n) is 19.7. The molecule has 33 heavy (non-hydrogen) atoms. The Morgan fingerprint density at radius 2 is 1.42 bits per heavy atom. The first-order chi connectivity index (χ1) is 16.0. The summed E-state index contributed by atoms with van der Waals surface area (Å²) < 4.78 is 5.44. The van der Waals surface area contributed by atoms with Gasteiger partial charge in [0.25, 0.3) is 0 Å². The van der Waals surface area contributed by atoms with Gasteiger partial charge in [-0.1, -0.05) is 45.2 Å². The van der Waals surface area contributed by atoms with Gasteiger partial charge in [0.05, 0.1) is 18.6 Å². The summed E-state index contributed by atoms with van der Waals surface area (Å²) in [5.74, 6) is -0.0246. The van der Waals surface area contributed by atoms with Crippen LogP contribution in [0.1, 0.15) is 51.5 Å². The smallest absolute Gasteiger partial charge is 0.235 e. The number of carbonyl (C=O) groups excluding carboxylic acids is 2. The lowest BCUT2D eigenvalue weighted by Gasteiger charge is -2.36. The molecular formula is C27H35N3O3. The van der Waals surface area contributed by atoms with Crippen molar-refractivity contribution in [3.05, 3.63) is 54.1 Å². The van der Waals surface area contributed by atoms with Gasteiger partial charge in [-0.3, -0.25) is 9.59 Å². The van der Waals surface area contributed by atoms with Gasteiger partial charge in [0.1, 0.15) is 0 Å². The highest BCUT2D eigenvalue weighted by Crippen LogP contribution is 2.41. The molecule has 0 atom stereocenters. The number of hydrogen-bond acceptors (Lipinski definition) is 4. The van der Waals surface area contributed by atoms with Crippen LogP contribution in [0.5, 0.6) is 0 Å². The van der Waals surface area contributed by atoms with Crippen molar-refractivity contribution >= 4 is 28.9 Å². The molecule has 2 aromatic rings. The third kappa shape index (κ3) is 5.38. The molecule has 2 aliphatic rings. The Kier molecular flexibility index (Phi) is 7.33. The van der Waals surface area contributed by atoms with Crippen molar-refractivity contribution in [3.8, 4) is 0 Å². The molecule has 0 aromatic heterocycles. The SMILES string of the molecule is CC(C)C(=O)Nc1ccc(C2(C(=O)Nc3ccc(N4CCOCC4)cc3)CCCCC2)cc1. The molecule has 2 amide bonds. The summed E-state index contributed by atoms with van der Waals surface area (Å²) in [5.41, 5.74) is 3.22. The molecule has 1 aliphatic heterocycles. The Labute approximate surface area is 196 Å². The lowest BCUT2D eigenvalue weighted by atomic mass is 9.68. The van der Waals surface area contributed by atoms with Gasteiger partial charge < -0.3 is 20.3 Å². The predicted molar refractivity (Wildman–Crippen MR) is 133 cm³/mol. The van der Waals surface area contributed by atoms with Gasteiger partial charge in [0.15, 0.2) is 0 Å². The van der Waals surface area contributed by atoms with Crippen LogP contribution in [0.4, 0.5) is 17.1 Å². The third-order valence-corrected chi connectivity index (χ3v) is 6.87. The van der Waals surface area contributed by atoms with E-state index in [1.807, 2.05) is 50.2 Å². The highest BCUT2D eigenvalue weighted by Gasteiger charge is 2.41. The maximum atomic E-state index is 13.6. The van der Waals surface area contributed by atoms with Crippen molar-refractivity contribution in [2.24, 2.45) is 5.92 Å². The van der Waals surface area contributed by atoms with Crippen LogP contribution in [0.15, 0.2) is 48.5 Å². The highest BCUT2D eigenvalue weighted by molar-refractivity contribution is 5.99. The molecule has 1 saturated carbocycles. The van der Waals surface area contributed by atoms with Crippen LogP contribution in [0.3, 0.4) is 0 Å². The van der Waals surface area contributed by atoms with Crippen LogP contribution in [-0.4, -0.2) is 38.1 Å². The monoisotopic (exact) mass is 449 g/mol. The molecule has 1 heterocycles. The molecule has 2 N–H and O–H groups in total. The Morgan fingerprint density at radius 1 is 0.848 bits per heavy atom. The second-order valence-corrected chi connectivity index (χ2v) is 9.46. The maximum absolute atomic E-state index is 13.6. The maximum Gasteiger partial charge on any atom is 0.235 e. The fourth-order valence-corrected chi connectivity index (χ4v) is 4.79. The number of carbonyl (C=O) groups is 2. The van der Waals surface area contributed by atoms with Gasteiger partial charge in [-0.15, -0.1) is 0 Å². The molecule has 0 bridgehead atoms. The van der Waals surface area contributed by atoms with Crippen molar-refractivity contribution in [2.45, 2.75) is 51.4 Å². The van der Waals surface area contributed by atoms with Crippen molar-refractivity contribution in [3.63, 3.8) is 0 Å². The van der Waals surface area contributed by atoms with E-state index in [1.165, 1.54) is 0 Å². The molecular weight excluding hydrogens is 414 g/mol. The van der Waals surface area contributed by atoms with Gasteiger partial charge in [0.2, 0.25) is 11.8 Å². The molecule has 6 nitrogen and oxygen atoms in total. The highest BCUT2D eigenvalue weighted by atomic mass is 16.5. The Balaban J connectivity index is 1.49. The molecule has 4 rings (SSSR count). The summed E-state index contributed by atoms with van der Waals surface area (Å²) in [6, 6.07) is 16.0. The average molecular weight is 450 g/mol. The van der Waals surface area contributed by atoms with E-state index >= 15 is 0 Å². The van der Waals surface area contributed by atoms with Crippen LogP contribution in [-0.2, 0) is 19.7 Å². The molecule has 2 aromatic carbocycles. The second kappa shape index (κ2) is 10.4. The van der Waals surface area contributed by atoms with E-state index in [4.69, 9.17) is 4.74 Å². The van der Waals surface area contributed by atoms with Gasteiger partial charge in [-0.25, -0.2) is 0 Å². The molecule has 0 radical (unpaired) electrons. The van der Waals surface area contributed by atoms with Gasteiger partial charge in [-0.2, -0.15) is 0 Å². The number of hydrogen-bond donors (Lipinski definition) is 2. The number of amides is 2. The van der Waals surface area contributed by atoms with Crippen LogP contribution in [0.25, 0.3) is 0 Å². The third-order valence-electron chi connectivity index (χ3n) is 6.87. The second-order valence-electron chi connectivity index (χ2n) is 9.46. The van der Waals surface area contributed by atoms with E-state index in [0.29, 0.717) is 0 Å². The van der Waals surface area contributed by atoms with Crippen LogP contribution in [0.2, 0.25) is 0 Å². The fraction of sp³-hybridized carbons (Fsp3) is 0.481. The predicted octanol–water partition coefficient (Wildman–Crippen LogP) is 4.96. The van der Waals surface area contributed by atoms with Crippen LogP contribution in [0, 0.1) is 5.92 Å². The lowest BCUT2D eigenvalue weighted by Crippen LogP contribution is -2.42. The largest absolute Gasteiger partial charge is 0.378 e. The van der Waals surface area contributed by atoms with Gasteiger partial charge >= 0.3 is 0 Å². The molecule has 2 fully saturated rings. The van der Waals surface area contributed by atoms with E-state index < -0.39 is 5.41 Å². The fourth-order valence-electron chi connectivity index (χ4n) is 4.79. The first kappa shape index (κ1) is 23.3. The van der Waals surface area contributed by atoms with E-state index in [-0.39, 0.29) is 17.7 Å². The number of morpholine rings is 1. The number of ether oxygens (including phenoxy) is 1. The molecule has 1 aliphatic carbocycles. The van der Waals surface area contributed by atoms with Crippen molar-refractivity contribution in [1.82, 2.24) is 0 Å². The summed E-state index contributed by atoms with van der Waals surface area (Å²) in [7, 11) is 0. The van der Waals surface area contributed by atoms with E-state index in [9.17, 15) is 9.59 Å². The number of nitrogens with one attached hydrogen (secondary N) is 2. The first-order valence-electron chi connectivity index (χ1n) is 12.1. The summed E-state index contributed by atoms with van der Waals surface area (Å²) in [6.07, 6.45) is 4.90. The Morgan fingerprint density at radius 3 is 2.03 bits per heavy atom. The molecule has 1 saturated heterocycles. The van der Waals surface area contributed by atoms with E-state index in [1.54, 1.807) is 0 Å². The quantitative estimate of drug-likeness (QED) is 0.654. The average Bonchev–Trinajstić information content (AvgIpc) is 2.86. The number of rotatable bonds is 6. The minimum atomic E-state index is -0.540. The van der Waals surface area contributed by atoms with Gasteiger partial charge in [-0.05, 0) is 54.8 Å². The minimum Gasteiger partial charge on any atom is -0.378 e. The minimum absolute atomic E-state index is 0.00611. The van der Waals surface area contributed by atoms with E-state index in [2.05, 4.69) is 27.7 Å². The van der Waals surface area contributed by atoms with Crippen molar-refractivity contribution < 1.29 is 14.3 Å². The molecule has 176 valence electrons. The first-order valence-corrected chi connectivity index (χ1v) is 12.1. The topological polar surface area (TPSA) is 70.7 Å².